The van der Waals surface area contributed by atoms with E-state index in [1.54, 1.807) is 19.3 Å². The molecule has 1 atom stereocenters. The molecule has 1 saturated carbocycles. The van der Waals surface area contributed by atoms with Gasteiger partial charge in [-0.2, -0.15) is 10.1 Å². The molecule has 3 heterocycles. The largest absolute Gasteiger partial charge is 0.324 e. The van der Waals surface area contributed by atoms with E-state index in [0.717, 1.165) is 22.2 Å². The number of hydrogen-bond donors (Lipinski definition) is 2. The topological polar surface area (TPSA) is 88.5 Å². The maximum Gasteiger partial charge on any atom is 0.252 e. The Bertz CT molecular complexity index is 1300. The summed E-state index contributed by atoms with van der Waals surface area (Å²) in [6, 6.07) is 6.52. The maximum absolute atomic E-state index is 13.8. The fourth-order valence-corrected chi connectivity index (χ4v) is 3.98. The van der Waals surface area contributed by atoms with Crippen LogP contribution in [0.15, 0.2) is 41.5 Å². The zero-order valence-electron chi connectivity index (χ0n) is 15.6. The van der Waals surface area contributed by atoms with Crippen LogP contribution in [-0.4, -0.2) is 30.7 Å². The van der Waals surface area contributed by atoms with E-state index >= 15 is 0 Å². The number of H-pyrrole nitrogens is 1. The minimum atomic E-state index is -2.75. The van der Waals surface area contributed by atoms with Gasteiger partial charge in [0.05, 0.1) is 11.7 Å². The van der Waals surface area contributed by atoms with Crippen molar-refractivity contribution in [2.45, 2.75) is 38.2 Å². The van der Waals surface area contributed by atoms with E-state index in [0.29, 0.717) is 17.0 Å². The van der Waals surface area contributed by atoms with Gasteiger partial charge in [-0.1, -0.05) is 0 Å². The van der Waals surface area contributed by atoms with Gasteiger partial charge in [-0.25, -0.2) is 13.8 Å². The molecular weight excluding hydrogens is 378 g/mol. The van der Waals surface area contributed by atoms with Crippen LogP contribution in [0.4, 0.5) is 20.4 Å². The number of aromatic nitrogens is 5. The summed E-state index contributed by atoms with van der Waals surface area (Å²) in [6.07, 6.45) is 3.01. The van der Waals surface area contributed by atoms with E-state index in [2.05, 4.69) is 25.5 Å². The smallest absolute Gasteiger partial charge is 0.252 e. The summed E-state index contributed by atoms with van der Waals surface area (Å²) < 4.78 is 29.0. The monoisotopic (exact) mass is 396 g/mol. The highest BCUT2D eigenvalue weighted by Crippen LogP contribution is 2.41. The number of pyridine rings is 1. The number of anilines is 2. The fourth-order valence-electron chi connectivity index (χ4n) is 3.98. The van der Waals surface area contributed by atoms with E-state index in [1.165, 1.54) is 10.6 Å². The van der Waals surface area contributed by atoms with Crippen LogP contribution in [0.3, 0.4) is 0 Å². The fraction of sp³-hybridized carbons (Fsp3) is 0.300. The van der Waals surface area contributed by atoms with Crippen molar-refractivity contribution >= 4 is 33.6 Å². The normalized spacial score (nSPS) is 18.5. The number of rotatable bonds is 3. The second-order valence-electron chi connectivity index (χ2n) is 7.52. The second-order valence-corrected chi connectivity index (χ2v) is 7.52. The van der Waals surface area contributed by atoms with Gasteiger partial charge in [0.1, 0.15) is 5.65 Å². The van der Waals surface area contributed by atoms with Gasteiger partial charge in [-0.05, 0) is 37.1 Å². The molecule has 29 heavy (non-hydrogen) atoms. The zero-order valence-corrected chi connectivity index (χ0v) is 15.6. The van der Waals surface area contributed by atoms with Gasteiger partial charge < -0.3 is 5.32 Å². The van der Waals surface area contributed by atoms with Gasteiger partial charge in [0.15, 0.2) is 0 Å². The molecule has 1 fully saturated rings. The third kappa shape index (κ3) is 3.12. The van der Waals surface area contributed by atoms with Gasteiger partial charge in [-0.3, -0.25) is 14.5 Å². The lowest BCUT2D eigenvalue weighted by molar-refractivity contribution is 0.00566. The molecule has 5 rings (SSSR count). The Morgan fingerprint density at radius 3 is 2.93 bits per heavy atom. The highest BCUT2D eigenvalue weighted by molar-refractivity contribution is 5.83. The van der Waals surface area contributed by atoms with E-state index in [9.17, 15) is 13.6 Å². The first-order valence-electron chi connectivity index (χ1n) is 9.36. The molecule has 3 aromatic heterocycles. The molecule has 1 aliphatic rings. The third-order valence-corrected chi connectivity index (χ3v) is 5.44. The van der Waals surface area contributed by atoms with Gasteiger partial charge >= 0.3 is 0 Å². The van der Waals surface area contributed by atoms with E-state index in [4.69, 9.17) is 0 Å². The van der Waals surface area contributed by atoms with Gasteiger partial charge in [0.2, 0.25) is 11.9 Å². The van der Waals surface area contributed by atoms with Crippen molar-refractivity contribution in [3.05, 3.63) is 52.6 Å². The molecule has 1 aliphatic carbocycles. The minimum absolute atomic E-state index is 0.222. The number of aryl methyl sites for hydroxylation is 1. The van der Waals surface area contributed by atoms with E-state index < -0.39 is 12.0 Å². The highest BCUT2D eigenvalue weighted by atomic mass is 19.3. The molecular formula is C20H18F2N6O. The van der Waals surface area contributed by atoms with Crippen LogP contribution in [0.1, 0.15) is 30.9 Å². The average Bonchev–Trinajstić information content (AvgIpc) is 3.27. The molecule has 9 heteroatoms. The van der Waals surface area contributed by atoms with Crippen molar-refractivity contribution in [2.75, 3.05) is 5.32 Å². The van der Waals surface area contributed by atoms with Crippen molar-refractivity contribution < 1.29 is 8.78 Å². The lowest BCUT2D eigenvalue weighted by Gasteiger charge is -2.18. The van der Waals surface area contributed by atoms with Crippen LogP contribution in [-0.2, 0) is 0 Å². The molecule has 0 saturated heterocycles. The third-order valence-electron chi connectivity index (χ3n) is 5.44. The molecule has 4 aromatic rings. The quantitative estimate of drug-likeness (QED) is 0.545. The lowest BCUT2D eigenvalue weighted by atomic mass is 10.1. The van der Waals surface area contributed by atoms with Crippen LogP contribution in [0.5, 0.6) is 0 Å². The number of nitrogens with one attached hydrogen (secondary N) is 2. The van der Waals surface area contributed by atoms with Gasteiger partial charge in [0, 0.05) is 47.6 Å². The highest BCUT2D eigenvalue weighted by Gasteiger charge is 2.41. The van der Waals surface area contributed by atoms with Crippen molar-refractivity contribution in [1.29, 1.82) is 0 Å². The predicted octanol–water partition coefficient (Wildman–Crippen LogP) is 4.08. The van der Waals surface area contributed by atoms with Crippen LogP contribution in [0.2, 0.25) is 0 Å². The standard InChI is InChI=1S/C20H18F2N6O/c1-11-6-17(29)28(14-4-5-20(21,22)8-14)18-15(11)10-23-19(26-18)25-13-2-3-16-12(7-13)9-24-27-16/h2-3,6-7,9-10,14H,4-5,8H2,1H3,(H,24,27)(H,23,25,26). The number of nitrogens with zero attached hydrogens (tertiary/aromatic N) is 4. The molecule has 0 bridgehead atoms. The van der Waals surface area contributed by atoms with Crippen LogP contribution in [0, 0.1) is 6.92 Å². The van der Waals surface area contributed by atoms with Crippen LogP contribution >= 0.6 is 0 Å². The Balaban J connectivity index is 1.59. The average molecular weight is 396 g/mol. The van der Waals surface area contributed by atoms with Crippen molar-refractivity contribution in [3.8, 4) is 0 Å². The predicted molar refractivity (Wildman–Crippen MR) is 106 cm³/mol. The van der Waals surface area contributed by atoms with Crippen molar-refractivity contribution in [3.63, 3.8) is 0 Å². The first-order chi connectivity index (χ1) is 13.9. The zero-order chi connectivity index (χ0) is 20.2. The Labute approximate surface area is 163 Å². The molecule has 0 spiro atoms. The summed E-state index contributed by atoms with van der Waals surface area (Å²) in [5.41, 5.74) is 2.44. The number of alkyl halides is 2. The molecule has 0 amide bonds. The Morgan fingerprint density at radius 2 is 2.14 bits per heavy atom. The van der Waals surface area contributed by atoms with Gasteiger partial charge in [0.25, 0.3) is 5.56 Å². The Hall–Kier alpha value is -3.36. The van der Waals surface area contributed by atoms with Crippen LogP contribution in [0.25, 0.3) is 21.9 Å². The molecule has 0 radical (unpaired) electrons. The summed E-state index contributed by atoms with van der Waals surface area (Å²) in [4.78, 5) is 21.5. The Morgan fingerprint density at radius 1 is 1.28 bits per heavy atom. The minimum Gasteiger partial charge on any atom is -0.324 e. The summed E-state index contributed by atoms with van der Waals surface area (Å²) >= 11 is 0. The second kappa shape index (κ2) is 6.33. The first-order valence-corrected chi connectivity index (χ1v) is 9.36. The number of aromatic amines is 1. The van der Waals surface area contributed by atoms with Crippen LogP contribution < -0.4 is 10.9 Å². The summed E-state index contributed by atoms with van der Waals surface area (Å²) in [7, 11) is 0. The molecule has 2 N–H and O–H groups in total. The first kappa shape index (κ1) is 17.7. The van der Waals surface area contributed by atoms with Crippen molar-refractivity contribution in [2.24, 2.45) is 0 Å². The summed E-state index contributed by atoms with van der Waals surface area (Å²) in [5.74, 6) is -2.46. The van der Waals surface area contributed by atoms with E-state index in [-0.39, 0.29) is 24.8 Å². The molecule has 0 aliphatic heterocycles. The molecule has 1 aromatic carbocycles. The number of hydrogen-bond acceptors (Lipinski definition) is 5. The summed E-state index contributed by atoms with van der Waals surface area (Å²) in [6.45, 7) is 1.79. The molecule has 148 valence electrons. The number of benzene rings is 1. The molecule has 7 nitrogen and oxygen atoms in total. The maximum atomic E-state index is 13.8. The lowest BCUT2D eigenvalue weighted by Crippen LogP contribution is -2.26. The number of fused-ring (bicyclic) bond motifs is 2. The summed E-state index contributed by atoms with van der Waals surface area (Å²) in [5, 5.41) is 11.6. The van der Waals surface area contributed by atoms with Gasteiger partial charge in [-0.15, -0.1) is 0 Å². The van der Waals surface area contributed by atoms with Crippen molar-refractivity contribution in [1.82, 2.24) is 24.7 Å². The molecule has 1 unspecified atom stereocenters. The SMILES string of the molecule is Cc1cc(=O)n(C2CCC(F)(F)C2)c2nc(Nc3ccc4[nH]ncc4c3)ncc12. The Kier molecular flexibility index (Phi) is 3.87. The number of halogens is 2. The van der Waals surface area contributed by atoms with E-state index in [1.807, 2.05) is 18.2 Å².